The molecule has 5 nitrogen and oxygen atoms in total. The Hall–Kier alpha value is 4.66. The van der Waals surface area contributed by atoms with Crippen molar-refractivity contribution >= 4 is 36.3 Å². The Kier molecular flexibility index (Phi) is 55.5. The van der Waals surface area contributed by atoms with Gasteiger partial charge in [0, 0.05) is 82.2 Å². The van der Waals surface area contributed by atoms with E-state index in [2.05, 4.69) is 312 Å². The molecular formula is C78H176Br2ClI2O5P5. The zero-order chi connectivity index (χ0) is 72.7. The molecule has 0 aromatic carbocycles. The van der Waals surface area contributed by atoms with Crippen LogP contribution in [0.15, 0.2) is 0 Å². The van der Waals surface area contributed by atoms with Crippen LogP contribution in [0.5, 0.6) is 0 Å². The highest BCUT2D eigenvalue weighted by Gasteiger charge is 2.68. The van der Waals surface area contributed by atoms with E-state index in [0.717, 1.165) is 51.4 Å². The van der Waals surface area contributed by atoms with Crippen LogP contribution in [0.4, 0.5) is 0 Å². The monoisotopic (exact) mass is 1790 g/mol. The van der Waals surface area contributed by atoms with Gasteiger partial charge in [0.15, 0.2) is 0 Å². The van der Waals surface area contributed by atoms with Gasteiger partial charge in [0.2, 0.25) is 0 Å². The molecule has 0 radical (unpaired) electrons. The molecule has 0 fully saturated rings. The van der Waals surface area contributed by atoms with Crippen molar-refractivity contribution in [1.82, 2.24) is 0 Å². The van der Waals surface area contributed by atoms with E-state index in [-0.39, 0.29) is 94.3 Å². The van der Waals surface area contributed by atoms with E-state index in [1.807, 2.05) is 0 Å². The summed E-state index contributed by atoms with van der Waals surface area (Å²) in [6.45, 7) is 110. The van der Waals surface area contributed by atoms with Crippen LogP contribution in [-0.2, 0) is 0 Å². The molecule has 0 aromatic heterocycles. The van der Waals surface area contributed by atoms with Crippen LogP contribution in [0, 0.1) is 0 Å². The Labute approximate surface area is 654 Å². The Morgan fingerprint density at radius 2 is 0.237 bits per heavy atom. The Balaban J connectivity index is -0.000000114. The predicted molar refractivity (Wildman–Crippen MR) is 428 cm³/mol. The minimum atomic E-state index is -1.22. The van der Waals surface area contributed by atoms with E-state index >= 15 is 0 Å². The minimum Gasteiger partial charge on any atom is -1.00 e. The van der Waals surface area contributed by atoms with Crippen LogP contribution >= 0.6 is 36.3 Å². The van der Waals surface area contributed by atoms with Gasteiger partial charge in [0.1, 0.15) is 0 Å². The summed E-state index contributed by atoms with van der Waals surface area (Å²) < 4.78 is 0. The lowest BCUT2D eigenvalue weighted by Crippen LogP contribution is -3.00. The average Bonchev–Trinajstić information content (AvgIpc) is 3.19. The highest BCUT2D eigenvalue weighted by Crippen LogP contribution is 2.87. The maximum Gasteiger partial charge on any atom is 0.0725 e. The normalized spacial score (nSPS) is 14.3. The number of aliphatic hydroxyl groups is 5. The number of rotatable bonds is 18. The van der Waals surface area contributed by atoms with Gasteiger partial charge in [0.25, 0.3) is 0 Å². The number of unbranched alkanes of at least 4 members (excludes halogenated alkanes) is 3. The fraction of sp³-hybridized carbons (Fsp3) is 1.00. The SMILES string of the molecule is CC(C)(C)[P+](CCCCO)(C(C)(C)C)C(C)(C)C.CC(C)(C)[P+](CCCCO)(C(C)(C)C)C(C)(C)C.CC(C)(C)[P+](CCCCO)(C(C)(C)C)C(C)(C)C.CC(C)(C)[P+](CCCO)(C(C)(C)C)C(C)(C)C.CC(C)(C)[P+](CCCO)(C(C)(C)C)C(C)(C)C.[Br-].[Br-].[Cl-].[I-].[I-]. The number of hydrogen-bond acceptors (Lipinski definition) is 5. The lowest BCUT2D eigenvalue weighted by atomic mass is 10.2. The largest absolute Gasteiger partial charge is 1.00 e. The fourth-order valence-electron chi connectivity index (χ4n) is 22.1. The molecule has 93 heavy (non-hydrogen) atoms. The molecule has 0 heterocycles. The molecule has 0 rings (SSSR count). The molecule has 15 heteroatoms. The third-order valence-electron chi connectivity index (χ3n) is 21.2. The first-order valence-corrected chi connectivity index (χ1v) is 45.4. The van der Waals surface area contributed by atoms with Gasteiger partial charge >= 0.3 is 0 Å². The third-order valence-corrected chi connectivity index (χ3v) is 60.5. The molecule has 0 aliphatic carbocycles. The minimum absolute atomic E-state index is 0. The van der Waals surface area contributed by atoms with E-state index in [1.165, 1.54) is 30.8 Å². The molecule has 0 aromatic rings. The molecule has 0 saturated heterocycles. The maximum atomic E-state index is 9.24. The van der Waals surface area contributed by atoms with Crippen molar-refractivity contribution in [2.45, 2.75) is 440 Å². The Bertz CT molecular complexity index is 1530. The van der Waals surface area contributed by atoms with Crippen molar-refractivity contribution < 1.29 is 120 Å². The summed E-state index contributed by atoms with van der Waals surface area (Å²) in [5, 5.41) is 51.0. The van der Waals surface area contributed by atoms with Crippen molar-refractivity contribution in [3.8, 4) is 0 Å². The smallest absolute Gasteiger partial charge is 0.0725 e. The van der Waals surface area contributed by atoms with Gasteiger partial charge in [-0.1, -0.05) is 0 Å². The number of hydrogen-bond donors (Lipinski definition) is 5. The van der Waals surface area contributed by atoms with E-state index in [9.17, 15) is 10.2 Å². The van der Waals surface area contributed by atoms with Crippen molar-refractivity contribution in [1.29, 1.82) is 0 Å². The van der Waals surface area contributed by atoms with Gasteiger partial charge in [-0.25, -0.2) is 0 Å². The van der Waals surface area contributed by atoms with E-state index in [0.29, 0.717) is 110 Å². The van der Waals surface area contributed by atoms with Crippen LogP contribution < -0.4 is 94.3 Å². The average molecular weight is 1800 g/mol. The van der Waals surface area contributed by atoms with E-state index in [4.69, 9.17) is 15.3 Å². The first-order valence-electron chi connectivity index (χ1n) is 35.5. The Morgan fingerprint density at radius 1 is 0.161 bits per heavy atom. The highest BCUT2D eigenvalue weighted by atomic mass is 127. The fourth-order valence-corrected chi connectivity index (χ4v) is 65.7. The summed E-state index contributed by atoms with van der Waals surface area (Å²) in [7, 11) is -6.01. The van der Waals surface area contributed by atoms with Crippen molar-refractivity contribution in [3.05, 3.63) is 0 Å². The van der Waals surface area contributed by atoms with Gasteiger partial charge in [-0.2, -0.15) is 0 Å². The molecule has 0 amide bonds. The van der Waals surface area contributed by atoms with Crippen molar-refractivity contribution in [3.63, 3.8) is 0 Å². The van der Waals surface area contributed by atoms with Crippen LogP contribution in [0.1, 0.15) is 363 Å². The maximum absolute atomic E-state index is 9.24. The molecule has 5 N–H and O–H groups in total. The summed E-state index contributed by atoms with van der Waals surface area (Å²) in [5.74, 6) is 0. The lowest BCUT2D eigenvalue weighted by molar-refractivity contribution is -0.00100. The zero-order valence-corrected chi connectivity index (χ0v) is 84.3. The van der Waals surface area contributed by atoms with E-state index in [1.54, 1.807) is 0 Å². The van der Waals surface area contributed by atoms with Crippen LogP contribution in [0.2, 0.25) is 0 Å². The molecule has 0 saturated carbocycles. The van der Waals surface area contributed by atoms with Gasteiger partial charge in [-0.3, -0.25) is 0 Å². The topological polar surface area (TPSA) is 101 Å². The molecule has 0 spiro atoms. The zero-order valence-electron chi connectivity index (χ0n) is 71.6. The first-order chi connectivity index (χ1) is 38.1. The van der Waals surface area contributed by atoms with Gasteiger partial charge in [-0.15, -0.1) is 0 Å². The second-order valence-corrected chi connectivity index (χ2v) is 72.1. The number of halogens is 5. The second-order valence-electron chi connectivity index (χ2n) is 41.7. The second kappa shape index (κ2) is 43.5. The van der Waals surface area contributed by atoms with Gasteiger partial charge in [0.05, 0.1) is 108 Å². The molecule has 0 aliphatic rings. The lowest BCUT2D eigenvalue weighted by Gasteiger charge is -2.54. The molecule has 0 unspecified atom stereocenters. The predicted octanol–water partition coefficient (Wildman–Crippen LogP) is 10.1. The number of aliphatic hydroxyl groups excluding tert-OH is 5. The van der Waals surface area contributed by atoms with Crippen LogP contribution in [0.25, 0.3) is 0 Å². The molecule has 0 atom stereocenters. The van der Waals surface area contributed by atoms with Crippen LogP contribution in [0.3, 0.4) is 0 Å². The highest BCUT2D eigenvalue weighted by molar-refractivity contribution is 7.81. The van der Waals surface area contributed by atoms with Gasteiger partial charge < -0.3 is 120 Å². The van der Waals surface area contributed by atoms with Crippen LogP contribution in [-0.4, -0.2) is 167 Å². The summed E-state index contributed by atoms with van der Waals surface area (Å²) in [6.07, 6.45) is 14.5. The quantitative estimate of drug-likeness (QED) is 0.0535. The summed E-state index contributed by atoms with van der Waals surface area (Å²) in [6, 6.07) is 0. The molecule has 0 bridgehead atoms. The Morgan fingerprint density at radius 3 is 0.301 bits per heavy atom. The van der Waals surface area contributed by atoms with Crippen molar-refractivity contribution in [2.75, 3.05) is 63.8 Å². The molecule has 578 valence electrons. The summed E-state index contributed by atoms with van der Waals surface area (Å²) >= 11 is 0. The molecular weight excluding hydrogens is 1620 g/mol. The first kappa shape index (κ1) is 119. The standard InChI is InChI=1S/3C16H36OP.2C15H34OP.2BrH.ClH.2HI/c3*1-14(2,3)18(15(4,5)6,16(7,8)9)13-11-10-12-17;2*1-13(2,3)17(12-10-11-16,14(4,5)6)15(7,8)9;;;;;/h3*17H,10-13H2,1-9H3;2*16H,10-12H2,1-9H3;5*1H/q5*+1;;;;;/p-5. The third kappa shape index (κ3) is 30.8. The summed E-state index contributed by atoms with van der Waals surface area (Å²) in [4.78, 5) is 0. The van der Waals surface area contributed by atoms with E-state index < -0.39 is 36.3 Å². The van der Waals surface area contributed by atoms with Crippen molar-refractivity contribution in [2.24, 2.45) is 0 Å². The summed E-state index contributed by atoms with van der Waals surface area (Å²) in [5.41, 5.74) is 0. The molecule has 0 aliphatic heterocycles. The van der Waals surface area contributed by atoms with Gasteiger partial charge in [-0.05, 0) is 350 Å².